The monoisotopic (exact) mass is 255 g/mol. The van der Waals surface area contributed by atoms with E-state index < -0.39 is 5.97 Å². The van der Waals surface area contributed by atoms with E-state index in [9.17, 15) is 4.79 Å². The van der Waals surface area contributed by atoms with Crippen molar-refractivity contribution in [3.63, 3.8) is 0 Å². The fourth-order valence-corrected chi connectivity index (χ4v) is 1.76. The van der Waals surface area contributed by atoms with Crippen LogP contribution in [0.1, 0.15) is 25.3 Å². The summed E-state index contributed by atoms with van der Waals surface area (Å²) in [5.74, 6) is -0.739. The summed E-state index contributed by atoms with van der Waals surface area (Å²) in [6.45, 7) is 2.83. The van der Waals surface area contributed by atoms with Gasteiger partial charge in [0.25, 0.3) is 0 Å². The topological polar surface area (TPSA) is 49.3 Å². The standard InChI is InChI=1S/C13H18ClNO2/c1-10(15-8-2-3-13(16)17)9-11-4-6-12(14)7-5-11/h4-7,10,15H,2-3,8-9H2,1H3,(H,16,17). The third-order valence-electron chi connectivity index (χ3n) is 2.52. The molecule has 1 unspecified atom stereocenters. The molecule has 0 spiro atoms. The van der Waals surface area contributed by atoms with Crippen LogP contribution in [0.4, 0.5) is 0 Å². The van der Waals surface area contributed by atoms with Gasteiger partial charge in [0.1, 0.15) is 0 Å². The number of nitrogens with one attached hydrogen (secondary N) is 1. The van der Waals surface area contributed by atoms with Crippen molar-refractivity contribution in [1.29, 1.82) is 0 Å². The lowest BCUT2D eigenvalue weighted by molar-refractivity contribution is -0.137. The number of carbonyl (C=O) groups is 1. The second-order valence-corrected chi connectivity index (χ2v) is 4.62. The molecule has 0 aliphatic rings. The minimum Gasteiger partial charge on any atom is -0.481 e. The number of halogens is 1. The Bertz CT molecular complexity index is 351. The first-order chi connectivity index (χ1) is 8.08. The predicted molar refractivity (Wildman–Crippen MR) is 69.5 cm³/mol. The Labute approximate surface area is 107 Å². The number of carboxylic acids is 1. The Balaban J connectivity index is 2.22. The van der Waals surface area contributed by atoms with Crippen molar-refractivity contribution >= 4 is 17.6 Å². The molecule has 0 fully saturated rings. The van der Waals surface area contributed by atoms with E-state index in [2.05, 4.69) is 12.2 Å². The molecule has 94 valence electrons. The molecule has 0 radical (unpaired) electrons. The van der Waals surface area contributed by atoms with E-state index in [0.29, 0.717) is 12.5 Å². The lowest BCUT2D eigenvalue weighted by Crippen LogP contribution is -2.29. The Morgan fingerprint density at radius 3 is 2.65 bits per heavy atom. The summed E-state index contributed by atoms with van der Waals surface area (Å²) < 4.78 is 0. The SMILES string of the molecule is CC(Cc1ccc(Cl)cc1)NCCCC(=O)O. The number of hydrogen-bond donors (Lipinski definition) is 2. The van der Waals surface area contributed by atoms with Crippen LogP contribution in [-0.4, -0.2) is 23.7 Å². The molecule has 0 saturated carbocycles. The summed E-state index contributed by atoms with van der Waals surface area (Å²) >= 11 is 5.81. The maximum Gasteiger partial charge on any atom is 0.303 e. The first-order valence-electron chi connectivity index (χ1n) is 5.77. The molecule has 1 aromatic carbocycles. The van der Waals surface area contributed by atoms with Gasteiger partial charge in [-0.05, 0) is 44.0 Å². The minimum absolute atomic E-state index is 0.223. The van der Waals surface area contributed by atoms with Gasteiger partial charge in [-0.15, -0.1) is 0 Å². The molecule has 1 rings (SSSR count). The zero-order valence-electron chi connectivity index (χ0n) is 9.95. The van der Waals surface area contributed by atoms with Gasteiger partial charge in [-0.3, -0.25) is 4.79 Å². The van der Waals surface area contributed by atoms with E-state index in [0.717, 1.165) is 18.0 Å². The van der Waals surface area contributed by atoms with Gasteiger partial charge in [0.2, 0.25) is 0 Å². The van der Waals surface area contributed by atoms with Crippen molar-refractivity contribution < 1.29 is 9.90 Å². The van der Waals surface area contributed by atoms with E-state index in [-0.39, 0.29) is 6.42 Å². The molecule has 0 heterocycles. The van der Waals surface area contributed by atoms with Crippen LogP contribution in [0.5, 0.6) is 0 Å². The molecule has 0 bridgehead atoms. The van der Waals surface area contributed by atoms with Crippen LogP contribution in [0.3, 0.4) is 0 Å². The number of rotatable bonds is 7. The van der Waals surface area contributed by atoms with Gasteiger partial charge in [-0.2, -0.15) is 0 Å². The van der Waals surface area contributed by atoms with Crippen molar-refractivity contribution in [2.45, 2.75) is 32.2 Å². The third-order valence-corrected chi connectivity index (χ3v) is 2.77. The van der Waals surface area contributed by atoms with E-state index in [1.54, 1.807) is 0 Å². The quantitative estimate of drug-likeness (QED) is 0.737. The van der Waals surface area contributed by atoms with Crippen LogP contribution < -0.4 is 5.32 Å². The number of carboxylic acid groups (broad SMARTS) is 1. The van der Waals surface area contributed by atoms with Gasteiger partial charge >= 0.3 is 5.97 Å². The highest BCUT2D eigenvalue weighted by atomic mass is 35.5. The number of hydrogen-bond acceptors (Lipinski definition) is 2. The van der Waals surface area contributed by atoms with Crippen molar-refractivity contribution in [3.05, 3.63) is 34.9 Å². The highest BCUT2D eigenvalue weighted by Crippen LogP contribution is 2.10. The summed E-state index contributed by atoms with van der Waals surface area (Å²) in [4.78, 5) is 10.3. The maximum absolute atomic E-state index is 10.3. The minimum atomic E-state index is -0.739. The van der Waals surface area contributed by atoms with Crippen LogP contribution in [0.25, 0.3) is 0 Å². The molecule has 4 heteroatoms. The van der Waals surface area contributed by atoms with Crippen molar-refractivity contribution in [3.8, 4) is 0 Å². The summed E-state index contributed by atoms with van der Waals surface area (Å²) in [7, 11) is 0. The van der Waals surface area contributed by atoms with Gasteiger partial charge in [0.15, 0.2) is 0 Å². The van der Waals surface area contributed by atoms with Gasteiger partial charge < -0.3 is 10.4 Å². The van der Waals surface area contributed by atoms with E-state index in [1.807, 2.05) is 24.3 Å². The molecule has 17 heavy (non-hydrogen) atoms. The Kier molecular flexibility index (Phi) is 6.01. The summed E-state index contributed by atoms with van der Waals surface area (Å²) in [5, 5.41) is 12.6. The van der Waals surface area contributed by atoms with Crippen LogP contribution in [0.2, 0.25) is 5.02 Å². The van der Waals surface area contributed by atoms with Crippen LogP contribution in [-0.2, 0) is 11.2 Å². The molecule has 1 aromatic rings. The zero-order valence-corrected chi connectivity index (χ0v) is 10.7. The first-order valence-corrected chi connectivity index (χ1v) is 6.15. The normalized spacial score (nSPS) is 12.4. The fraction of sp³-hybridized carbons (Fsp3) is 0.462. The second-order valence-electron chi connectivity index (χ2n) is 4.18. The predicted octanol–water partition coefficient (Wildman–Crippen LogP) is 2.73. The summed E-state index contributed by atoms with van der Waals surface area (Å²) in [6, 6.07) is 8.13. The highest BCUT2D eigenvalue weighted by Gasteiger charge is 2.03. The van der Waals surface area contributed by atoms with Crippen LogP contribution in [0, 0.1) is 0 Å². The van der Waals surface area contributed by atoms with E-state index in [4.69, 9.17) is 16.7 Å². The fourth-order valence-electron chi connectivity index (χ4n) is 1.63. The molecule has 0 amide bonds. The summed E-state index contributed by atoms with van der Waals surface area (Å²) in [6.07, 6.45) is 1.81. The second kappa shape index (κ2) is 7.30. The van der Waals surface area contributed by atoms with Gasteiger partial charge in [-0.25, -0.2) is 0 Å². The van der Waals surface area contributed by atoms with Gasteiger partial charge in [0, 0.05) is 17.5 Å². The van der Waals surface area contributed by atoms with Crippen molar-refractivity contribution in [2.75, 3.05) is 6.54 Å². The molecule has 0 saturated heterocycles. The molecule has 0 aliphatic heterocycles. The molecule has 0 aliphatic carbocycles. The smallest absolute Gasteiger partial charge is 0.303 e. The largest absolute Gasteiger partial charge is 0.481 e. The molecule has 1 atom stereocenters. The molecule has 2 N–H and O–H groups in total. The average molecular weight is 256 g/mol. The van der Waals surface area contributed by atoms with E-state index in [1.165, 1.54) is 5.56 Å². The number of aliphatic carboxylic acids is 1. The van der Waals surface area contributed by atoms with Crippen molar-refractivity contribution in [2.24, 2.45) is 0 Å². The molecular weight excluding hydrogens is 238 g/mol. The lowest BCUT2D eigenvalue weighted by atomic mass is 10.1. The van der Waals surface area contributed by atoms with Crippen LogP contribution >= 0.6 is 11.6 Å². The maximum atomic E-state index is 10.3. The molecule has 3 nitrogen and oxygen atoms in total. The highest BCUT2D eigenvalue weighted by molar-refractivity contribution is 6.30. The average Bonchev–Trinajstić information content (AvgIpc) is 2.27. The van der Waals surface area contributed by atoms with Gasteiger partial charge in [-0.1, -0.05) is 23.7 Å². The Morgan fingerprint density at radius 1 is 1.41 bits per heavy atom. The lowest BCUT2D eigenvalue weighted by Gasteiger charge is -2.13. The zero-order chi connectivity index (χ0) is 12.7. The van der Waals surface area contributed by atoms with Crippen molar-refractivity contribution in [1.82, 2.24) is 5.32 Å². The van der Waals surface area contributed by atoms with E-state index >= 15 is 0 Å². The number of benzene rings is 1. The van der Waals surface area contributed by atoms with Crippen LogP contribution in [0.15, 0.2) is 24.3 Å². The summed E-state index contributed by atoms with van der Waals surface area (Å²) in [5.41, 5.74) is 1.23. The molecule has 0 aromatic heterocycles. The third kappa shape index (κ3) is 6.29. The Morgan fingerprint density at radius 2 is 2.06 bits per heavy atom. The Hall–Kier alpha value is -1.06. The molecular formula is C13H18ClNO2. The van der Waals surface area contributed by atoms with Gasteiger partial charge in [0.05, 0.1) is 0 Å². The first kappa shape index (κ1) is 14.0.